The van der Waals surface area contributed by atoms with Gasteiger partial charge in [0.1, 0.15) is 5.82 Å². The van der Waals surface area contributed by atoms with Gasteiger partial charge in [-0.2, -0.15) is 5.10 Å². The second-order valence-corrected chi connectivity index (χ2v) is 6.81. The van der Waals surface area contributed by atoms with Crippen LogP contribution in [-0.4, -0.2) is 28.1 Å². The topological polar surface area (TPSA) is 76.0 Å². The summed E-state index contributed by atoms with van der Waals surface area (Å²) in [5.41, 5.74) is 2.42. The van der Waals surface area contributed by atoms with E-state index in [0.29, 0.717) is 22.9 Å². The average molecular weight is 397 g/mol. The summed E-state index contributed by atoms with van der Waals surface area (Å²) in [5, 5.41) is 10.6. The van der Waals surface area contributed by atoms with Crippen LogP contribution in [0.4, 0.5) is 5.82 Å². The summed E-state index contributed by atoms with van der Waals surface area (Å²) < 4.78 is 1.76. The second kappa shape index (κ2) is 9.19. The summed E-state index contributed by atoms with van der Waals surface area (Å²) in [7, 11) is 0. The third-order valence-electron chi connectivity index (χ3n) is 4.09. The highest BCUT2D eigenvalue weighted by atomic mass is 35.5. The maximum absolute atomic E-state index is 12.3. The summed E-state index contributed by atoms with van der Waals surface area (Å²) in [4.78, 5) is 24.3. The molecule has 3 aromatic rings. The van der Waals surface area contributed by atoms with Crippen LogP contribution >= 0.6 is 11.6 Å². The van der Waals surface area contributed by atoms with Gasteiger partial charge in [0, 0.05) is 29.6 Å². The Balaban J connectivity index is 1.52. The molecular formula is C21H21ClN4O2. The lowest BCUT2D eigenvalue weighted by Crippen LogP contribution is -2.28. The number of carbonyl (C=O) groups excluding carboxylic acids is 2. The van der Waals surface area contributed by atoms with Crippen LogP contribution in [0.1, 0.15) is 28.0 Å². The van der Waals surface area contributed by atoms with E-state index < -0.39 is 0 Å². The Hall–Kier alpha value is -3.12. The number of anilines is 1. The van der Waals surface area contributed by atoms with Gasteiger partial charge in [0.2, 0.25) is 5.91 Å². The molecule has 2 N–H and O–H groups in total. The Labute approximate surface area is 168 Å². The molecule has 144 valence electrons. The van der Waals surface area contributed by atoms with Gasteiger partial charge < -0.3 is 10.6 Å². The second-order valence-electron chi connectivity index (χ2n) is 6.38. The van der Waals surface area contributed by atoms with Crippen molar-refractivity contribution in [3.05, 3.63) is 82.5 Å². The molecule has 0 saturated heterocycles. The van der Waals surface area contributed by atoms with E-state index in [1.54, 1.807) is 28.9 Å². The first-order valence-electron chi connectivity index (χ1n) is 8.93. The number of nitrogens with one attached hydrogen (secondary N) is 2. The van der Waals surface area contributed by atoms with Crippen molar-refractivity contribution >= 4 is 29.2 Å². The highest BCUT2D eigenvalue weighted by molar-refractivity contribution is 6.30. The molecule has 2 aromatic carbocycles. The van der Waals surface area contributed by atoms with Gasteiger partial charge in [-0.05, 0) is 36.8 Å². The minimum Gasteiger partial charge on any atom is -0.352 e. The number of nitrogens with zero attached hydrogens (tertiary/aromatic N) is 2. The van der Waals surface area contributed by atoms with Crippen molar-refractivity contribution in [1.82, 2.24) is 15.1 Å². The Kier molecular flexibility index (Phi) is 6.45. The van der Waals surface area contributed by atoms with Crippen LogP contribution in [0.2, 0.25) is 5.02 Å². The number of amides is 2. The third kappa shape index (κ3) is 5.44. The number of rotatable bonds is 7. The van der Waals surface area contributed by atoms with Gasteiger partial charge in [0.25, 0.3) is 5.91 Å². The van der Waals surface area contributed by atoms with E-state index >= 15 is 0 Å². The number of hydrogen-bond acceptors (Lipinski definition) is 3. The van der Waals surface area contributed by atoms with Gasteiger partial charge in [0.15, 0.2) is 0 Å². The van der Waals surface area contributed by atoms with Gasteiger partial charge >= 0.3 is 0 Å². The minimum absolute atomic E-state index is 0.162. The van der Waals surface area contributed by atoms with Crippen LogP contribution in [0.3, 0.4) is 0 Å². The van der Waals surface area contributed by atoms with Crippen molar-refractivity contribution in [3.63, 3.8) is 0 Å². The van der Waals surface area contributed by atoms with Crippen LogP contribution in [0, 0.1) is 6.92 Å². The molecule has 6 nitrogen and oxygen atoms in total. The molecule has 0 bridgehead atoms. The van der Waals surface area contributed by atoms with Crippen LogP contribution in [0.25, 0.3) is 0 Å². The van der Waals surface area contributed by atoms with Crippen LogP contribution < -0.4 is 10.6 Å². The lowest BCUT2D eigenvalue weighted by Gasteiger charge is -2.10. The molecule has 3 rings (SSSR count). The zero-order chi connectivity index (χ0) is 19.9. The summed E-state index contributed by atoms with van der Waals surface area (Å²) in [6.45, 7) is 2.68. The number of carbonyl (C=O) groups is 2. The maximum atomic E-state index is 12.3. The number of aromatic nitrogens is 2. The molecule has 7 heteroatoms. The summed E-state index contributed by atoms with van der Waals surface area (Å²) in [6.07, 6.45) is 0.162. The molecule has 1 aromatic heterocycles. The number of hydrogen-bond donors (Lipinski definition) is 2. The Morgan fingerprint density at radius 3 is 2.50 bits per heavy atom. The quantitative estimate of drug-likeness (QED) is 0.640. The molecule has 0 aliphatic carbocycles. The fraction of sp³-hybridized carbons (Fsp3) is 0.190. The molecule has 0 atom stereocenters. The molecule has 1 heterocycles. The van der Waals surface area contributed by atoms with Crippen LogP contribution in [-0.2, 0) is 11.3 Å². The van der Waals surface area contributed by atoms with Crippen LogP contribution in [0.5, 0.6) is 0 Å². The van der Waals surface area contributed by atoms with E-state index in [0.717, 1.165) is 11.3 Å². The average Bonchev–Trinajstić information content (AvgIpc) is 3.01. The van der Waals surface area contributed by atoms with E-state index in [4.69, 9.17) is 11.6 Å². The highest BCUT2D eigenvalue weighted by Crippen LogP contribution is 2.13. The number of halogens is 1. The number of aryl methyl sites for hydroxylation is 1. The normalized spacial score (nSPS) is 10.5. The molecule has 0 aliphatic heterocycles. The van der Waals surface area contributed by atoms with Gasteiger partial charge in [-0.15, -0.1) is 0 Å². The fourth-order valence-electron chi connectivity index (χ4n) is 2.72. The van der Waals surface area contributed by atoms with Crippen molar-refractivity contribution < 1.29 is 9.59 Å². The van der Waals surface area contributed by atoms with Crippen molar-refractivity contribution in [1.29, 1.82) is 0 Å². The molecule has 2 amide bonds. The number of benzene rings is 2. The van der Waals surface area contributed by atoms with Gasteiger partial charge in [0.05, 0.1) is 12.2 Å². The van der Waals surface area contributed by atoms with E-state index in [9.17, 15) is 9.59 Å². The minimum atomic E-state index is -0.241. The first-order valence-corrected chi connectivity index (χ1v) is 9.31. The predicted octanol–water partition coefficient (Wildman–Crippen LogP) is 3.65. The van der Waals surface area contributed by atoms with Crippen LogP contribution in [0.15, 0.2) is 60.7 Å². The zero-order valence-corrected chi connectivity index (χ0v) is 16.2. The van der Waals surface area contributed by atoms with Crippen molar-refractivity contribution in [2.75, 3.05) is 11.9 Å². The van der Waals surface area contributed by atoms with E-state index in [1.807, 2.05) is 43.3 Å². The monoisotopic (exact) mass is 396 g/mol. The SMILES string of the molecule is Cc1cc(NC(=O)CCNC(=O)c2ccc(Cl)cc2)n(Cc2ccccc2)n1. The first kappa shape index (κ1) is 19.6. The maximum Gasteiger partial charge on any atom is 0.251 e. The van der Waals surface area contributed by atoms with Gasteiger partial charge in [-0.1, -0.05) is 41.9 Å². The molecule has 28 heavy (non-hydrogen) atoms. The Morgan fingerprint density at radius 1 is 1.07 bits per heavy atom. The summed E-state index contributed by atoms with van der Waals surface area (Å²) >= 11 is 5.81. The van der Waals surface area contributed by atoms with Gasteiger partial charge in [-0.25, -0.2) is 4.68 Å². The lowest BCUT2D eigenvalue weighted by molar-refractivity contribution is -0.116. The highest BCUT2D eigenvalue weighted by Gasteiger charge is 2.11. The zero-order valence-electron chi connectivity index (χ0n) is 15.5. The van der Waals surface area contributed by atoms with Gasteiger partial charge in [-0.3, -0.25) is 9.59 Å². The summed E-state index contributed by atoms with van der Waals surface area (Å²) in [5.74, 6) is 0.204. The van der Waals surface area contributed by atoms with Crippen molar-refractivity contribution in [2.45, 2.75) is 19.9 Å². The van der Waals surface area contributed by atoms with E-state index in [-0.39, 0.29) is 24.8 Å². The third-order valence-corrected chi connectivity index (χ3v) is 4.34. The van der Waals surface area contributed by atoms with Crippen molar-refractivity contribution in [2.24, 2.45) is 0 Å². The predicted molar refractivity (Wildman–Crippen MR) is 110 cm³/mol. The molecule has 0 aliphatic rings. The summed E-state index contributed by atoms with van der Waals surface area (Å²) in [6, 6.07) is 18.3. The van der Waals surface area contributed by atoms with E-state index in [1.165, 1.54) is 0 Å². The molecule has 0 spiro atoms. The smallest absolute Gasteiger partial charge is 0.251 e. The largest absolute Gasteiger partial charge is 0.352 e. The Bertz CT molecular complexity index is 952. The fourth-order valence-corrected chi connectivity index (χ4v) is 2.85. The molecule has 0 fully saturated rings. The Morgan fingerprint density at radius 2 is 1.79 bits per heavy atom. The molecule has 0 saturated carbocycles. The van der Waals surface area contributed by atoms with E-state index in [2.05, 4.69) is 15.7 Å². The molecule has 0 unspecified atom stereocenters. The van der Waals surface area contributed by atoms with Crippen molar-refractivity contribution in [3.8, 4) is 0 Å². The standard InChI is InChI=1S/C21H21ClN4O2/c1-15-13-19(26(25-15)14-16-5-3-2-4-6-16)24-20(27)11-12-23-21(28)17-7-9-18(22)10-8-17/h2-10,13H,11-12,14H2,1H3,(H,23,28)(H,24,27). The first-order chi connectivity index (χ1) is 13.5. The molecule has 0 radical (unpaired) electrons. The lowest BCUT2D eigenvalue weighted by atomic mass is 10.2. The molecular weight excluding hydrogens is 376 g/mol.